The van der Waals surface area contributed by atoms with Gasteiger partial charge in [-0.15, -0.1) is 0 Å². The summed E-state index contributed by atoms with van der Waals surface area (Å²) in [5.41, 5.74) is 7.00. The summed E-state index contributed by atoms with van der Waals surface area (Å²) < 4.78 is 7.71. The normalized spacial score (nSPS) is 16.7. The van der Waals surface area contributed by atoms with Crippen molar-refractivity contribution in [2.75, 3.05) is 31.1 Å². The number of fused-ring (bicyclic) bond motifs is 1. The van der Waals surface area contributed by atoms with Crippen LogP contribution in [0.25, 0.3) is 17.3 Å². The Kier molecular flexibility index (Phi) is 3.97. The average molecular weight is 364 g/mol. The van der Waals surface area contributed by atoms with Crippen LogP contribution in [0.2, 0.25) is 0 Å². The van der Waals surface area contributed by atoms with Crippen LogP contribution in [0.15, 0.2) is 22.7 Å². The minimum absolute atomic E-state index is 0.533. The van der Waals surface area contributed by atoms with Crippen molar-refractivity contribution in [3.05, 3.63) is 40.6 Å². The molecule has 0 saturated carbocycles. The largest absolute Gasteiger partial charge is 0.336 e. The first-order valence-corrected chi connectivity index (χ1v) is 9.69. The Morgan fingerprint density at radius 2 is 1.96 bits per heavy atom. The lowest BCUT2D eigenvalue weighted by Crippen LogP contribution is -2.44. The van der Waals surface area contributed by atoms with E-state index in [1.165, 1.54) is 22.4 Å². The zero-order chi connectivity index (χ0) is 18.4. The van der Waals surface area contributed by atoms with E-state index in [2.05, 4.69) is 57.1 Å². The number of nitrogens with zero attached hydrogens (tertiary/aromatic N) is 5. The smallest absolute Gasteiger partial charge is 0.280 e. The Labute approximate surface area is 158 Å². The van der Waals surface area contributed by atoms with Gasteiger partial charge in [0.2, 0.25) is 0 Å². The van der Waals surface area contributed by atoms with E-state index in [0.717, 1.165) is 56.8 Å². The van der Waals surface area contributed by atoms with Gasteiger partial charge in [-0.05, 0) is 49.9 Å². The van der Waals surface area contributed by atoms with Crippen LogP contribution in [-0.2, 0) is 12.8 Å². The Balaban J connectivity index is 1.55. The van der Waals surface area contributed by atoms with E-state index in [0.29, 0.717) is 11.8 Å². The minimum atomic E-state index is 0.533. The molecule has 1 fully saturated rings. The number of aromatic nitrogens is 4. The molecule has 1 aromatic carbocycles. The average Bonchev–Trinajstić information content (AvgIpc) is 3.39. The molecule has 0 atom stereocenters. The molecule has 5 rings (SSSR count). The van der Waals surface area contributed by atoms with E-state index in [9.17, 15) is 0 Å². The molecule has 1 N–H and O–H groups in total. The van der Waals surface area contributed by atoms with Gasteiger partial charge >= 0.3 is 0 Å². The monoisotopic (exact) mass is 364 g/mol. The van der Waals surface area contributed by atoms with Crippen LogP contribution in [0.4, 0.5) is 5.95 Å². The third-order valence-corrected chi connectivity index (χ3v) is 5.53. The van der Waals surface area contributed by atoms with Crippen LogP contribution in [0.3, 0.4) is 0 Å². The maximum atomic E-state index is 5.63. The quantitative estimate of drug-likeness (QED) is 0.770. The molecule has 1 aliphatic heterocycles. The molecule has 27 heavy (non-hydrogen) atoms. The highest BCUT2D eigenvalue weighted by molar-refractivity contribution is 5.59. The van der Waals surface area contributed by atoms with Crippen molar-refractivity contribution in [1.82, 2.24) is 25.2 Å². The Bertz CT molecular complexity index is 983. The molecule has 3 heterocycles. The number of rotatable bonds is 3. The SMILES string of the molecule is Cc1ccc(-n2nc(-c3nc(N4CCNCC4)no3)c3c2CCC3)c(C)c1. The third-order valence-electron chi connectivity index (χ3n) is 5.53. The molecule has 0 unspecified atom stereocenters. The van der Waals surface area contributed by atoms with E-state index in [1.807, 2.05) is 0 Å². The molecule has 7 nitrogen and oxygen atoms in total. The van der Waals surface area contributed by atoms with Crippen LogP contribution < -0.4 is 10.2 Å². The zero-order valence-electron chi connectivity index (χ0n) is 15.8. The molecule has 0 amide bonds. The standard InChI is InChI=1S/C20H24N6O/c1-13-6-7-16(14(2)12-13)26-17-5-3-4-15(17)18(23-26)19-22-20(24-27-19)25-10-8-21-9-11-25/h6-7,12,21H,3-5,8-11H2,1-2H3. The molecule has 7 heteroatoms. The number of hydrogen-bond donors (Lipinski definition) is 1. The summed E-state index contributed by atoms with van der Waals surface area (Å²) in [4.78, 5) is 6.83. The predicted molar refractivity (Wildman–Crippen MR) is 103 cm³/mol. The highest BCUT2D eigenvalue weighted by Crippen LogP contribution is 2.34. The van der Waals surface area contributed by atoms with Crippen molar-refractivity contribution < 1.29 is 4.52 Å². The fourth-order valence-corrected chi connectivity index (χ4v) is 4.16. The van der Waals surface area contributed by atoms with Crippen LogP contribution in [-0.4, -0.2) is 46.1 Å². The van der Waals surface area contributed by atoms with Gasteiger partial charge in [0, 0.05) is 37.4 Å². The summed E-state index contributed by atoms with van der Waals surface area (Å²) in [7, 11) is 0. The van der Waals surface area contributed by atoms with Crippen LogP contribution in [0.1, 0.15) is 28.8 Å². The zero-order valence-corrected chi connectivity index (χ0v) is 15.8. The van der Waals surface area contributed by atoms with E-state index >= 15 is 0 Å². The van der Waals surface area contributed by atoms with Crippen LogP contribution in [0, 0.1) is 13.8 Å². The molecular weight excluding hydrogens is 340 g/mol. The lowest BCUT2D eigenvalue weighted by molar-refractivity contribution is 0.425. The van der Waals surface area contributed by atoms with Crippen molar-refractivity contribution in [3.63, 3.8) is 0 Å². The molecule has 1 saturated heterocycles. The van der Waals surface area contributed by atoms with Gasteiger partial charge in [-0.1, -0.05) is 17.7 Å². The van der Waals surface area contributed by atoms with Gasteiger partial charge in [0.05, 0.1) is 5.69 Å². The first-order valence-electron chi connectivity index (χ1n) is 9.69. The number of benzene rings is 1. The van der Waals surface area contributed by atoms with Gasteiger partial charge in [-0.3, -0.25) is 0 Å². The lowest BCUT2D eigenvalue weighted by Gasteiger charge is -2.25. The van der Waals surface area contributed by atoms with Gasteiger partial charge in [0.1, 0.15) is 0 Å². The number of piperazine rings is 1. The number of anilines is 1. The molecule has 2 aliphatic rings. The summed E-state index contributed by atoms with van der Waals surface area (Å²) in [6.45, 7) is 7.94. The fourth-order valence-electron chi connectivity index (χ4n) is 4.16. The molecule has 3 aromatic rings. The maximum absolute atomic E-state index is 5.63. The summed E-state index contributed by atoms with van der Waals surface area (Å²) >= 11 is 0. The van der Waals surface area contributed by atoms with Gasteiger partial charge in [0.15, 0.2) is 5.69 Å². The second-order valence-corrected chi connectivity index (χ2v) is 7.47. The van der Waals surface area contributed by atoms with Crippen molar-refractivity contribution in [3.8, 4) is 17.3 Å². The van der Waals surface area contributed by atoms with Gasteiger partial charge in [0.25, 0.3) is 11.8 Å². The number of aryl methyl sites for hydroxylation is 2. The molecule has 0 radical (unpaired) electrons. The molecule has 140 valence electrons. The first-order chi connectivity index (χ1) is 13.2. The topological polar surface area (TPSA) is 72.0 Å². The molecule has 0 spiro atoms. The number of nitrogens with one attached hydrogen (secondary N) is 1. The van der Waals surface area contributed by atoms with E-state index in [-0.39, 0.29) is 0 Å². The van der Waals surface area contributed by atoms with Crippen molar-refractivity contribution in [2.45, 2.75) is 33.1 Å². The lowest BCUT2D eigenvalue weighted by atomic mass is 10.1. The highest BCUT2D eigenvalue weighted by Gasteiger charge is 2.28. The summed E-state index contributed by atoms with van der Waals surface area (Å²) in [5.74, 6) is 1.20. The van der Waals surface area contributed by atoms with Gasteiger partial charge in [-0.2, -0.15) is 10.1 Å². The maximum Gasteiger partial charge on any atom is 0.280 e. The van der Waals surface area contributed by atoms with Gasteiger partial charge < -0.3 is 14.7 Å². The first kappa shape index (κ1) is 16.5. The van der Waals surface area contributed by atoms with Crippen molar-refractivity contribution in [1.29, 1.82) is 0 Å². The summed E-state index contributed by atoms with van der Waals surface area (Å²) in [6, 6.07) is 6.49. The second kappa shape index (κ2) is 6.49. The predicted octanol–water partition coefficient (Wildman–Crippen LogP) is 2.44. The van der Waals surface area contributed by atoms with Gasteiger partial charge in [-0.25, -0.2) is 4.68 Å². The molecule has 1 aliphatic carbocycles. The Morgan fingerprint density at radius 3 is 2.78 bits per heavy atom. The molecular formula is C20H24N6O. The van der Waals surface area contributed by atoms with Crippen molar-refractivity contribution >= 4 is 5.95 Å². The summed E-state index contributed by atoms with van der Waals surface area (Å²) in [5, 5.41) is 12.5. The van der Waals surface area contributed by atoms with Crippen LogP contribution in [0.5, 0.6) is 0 Å². The molecule has 0 bridgehead atoms. The summed E-state index contributed by atoms with van der Waals surface area (Å²) in [6.07, 6.45) is 3.19. The molecule has 2 aromatic heterocycles. The van der Waals surface area contributed by atoms with E-state index in [1.54, 1.807) is 0 Å². The third kappa shape index (κ3) is 2.82. The number of hydrogen-bond acceptors (Lipinski definition) is 6. The Morgan fingerprint density at radius 1 is 1.11 bits per heavy atom. The fraction of sp³-hybridized carbons (Fsp3) is 0.450. The van der Waals surface area contributed by atoms with E-state index in [4.69, 9.17) is 9.62 Å². The second-order valence-electron chi connectivity index (χ2n) is 7.47. The minimum Gasteiger partial charge on any atom is -0.336 e. The Hall–Kier alpha value is -2.67. The van der Waals surface area contributed by atoms with Crippen molar-refractivity contribution in [2.24, 2.45) is 0 Å². The van der Waals surface area contributed by atoms with E-state index < -0.39 is 0 Å². The van der Waals surface area contributed by atoms with Crippen LogP contribution >= 0.6 is 0 Å². The highest BCUT2D eigenvalue weighted by atomic mass is 16.5.